The first-order valence-corrected chi connectivity index (χ1v) is 6.39. The number of rotatable bonds is 3. The molecular formula is C14H13NO5. The highest BCUT2D eigenvalue weighted by molar-refractivity contribution is 6.21. The number of ether oxygens (including phenoxy) is 1. The maximum atomic E-state index is 12.2. The molecule has 2 heterocycles. The van der Waals surface area contributed by atoms with Crippen molar-refractivity contribution in [2.24, 2.45) is 5.92 Å². The largest absolute Gasteiger partial charge is 0.478 e. The Morgan fingerprint density at radius 1 is 1.30 bits per heavy atom. The SMILES string of the molecule is O=C(O)c1ccc2c(c1)C(=O)N(CC1CCOC1)C2=O. The molecule has 1 fully saturated rings. The first kappa shape index (κ1) is 12.8. The lowest BCUT2D eigenvalue weighted by atomic mass is 10.1. The van der Waals surface area contributed by atoms with Crippen molar-refractivity contribution in [2.45, 2.75) is 6.42 Å². The topological polar surface area (TPSA) is 83.9 Å². The van der Waals surface area contributed by atoms with E-state index in [9.17, 15) is 14.4 Å². The molecule has 104 valence electrons. The summed E-state index contributed by atoms with van der Waals surface area (Å²) in [5, 5.41) is 8.94. The van der Waals surface area contributed by atoms with Gasteiger partial charge in [0.1, 0.15) is 0 Å². The lowest BCUT2D eigenvalue weighted by Gasteiger charge is -2.17. The molecule has 0 aliphatic carbocycles. The highest BCUT2D eigenvalue weighted by Gasteiger charge is 2.37. The van der Waals surface area contributed by atoms with Crippen molar-refractivity contribution in [1.29, 1.82) is 0 Å². The Kier molecular flexibility index (Phi) is 3.02. The van der Waals surface area contributed by atoms with Gasteiger partial charge in [-0.05, 0) is 24.6 Å². The molecule has 0 aromatic heterocycles. The maximum absolute atomic E-state index is 12.2. The Labute approximate surface area is 114 Å². The molecule has 2 aliphatic rings. The minimum Gasteiger partial charge on any atom is -0.478 e. The van der Waals surface area contributed by atoms with Crippen molar-refractivity contribution >= 4 is 17.8 Å². The Morgan fingerprint density at radius 3 is 2.70 bits per heavy atom. The second-order valence-corrected chi connectivity index (χ2v) is 5.02. The summed E-state index contributed by atoms with van der Waals surface area (Å²) in [6.07, 6.45) is 0.827. The van der Waals surface area contributed by atoms with Crippen LogP contribution in [0, 0.1) is 5.92 Å². The Hall–Kier alpha value is -2.21. The highest BCUT2D eigenvalue weighted by Crippen LogP contribution is 2.26. The number of carboxylic acids is 1. The molecule has 6 nitrogen and oxygen atoms in total. The van der Waals surface area contributed by atoms with Gasteiger partial charge in [-0.1, -0.05) is 0 Å². The molecule has 0 radical (unpaired) electrons. The van der Waals surface area contributed by atoms with E-state index >= 15 is 0 Å². The minimum atomic E-state index is -1.12. The van der Waals surface area contributed by atoms with Crippen molar-refractivity contribution < 1.29 is 24.2 Å². The zero-order chi connectivity index (χ0) is 14.3. The molecule has 1 aromatic carbocycles. The van der Waals surface area contributed by atoms with E-state index in [4.69, 9.17) is 9.84 Å². The molecule has 0 bridgehead atoms. The molecule has 3 rings (SSSR count). The van der Waals surface area contributed by atoms with Crippen LogP contribution >= 0.6 is 0 Å². The predicted molar refractivity (Wildman–Crippen MR) is 67.7 cm³/mol. The van der Waals surface area contributed by atoms with Gasteiger partial charge in [-0.3, -0.25) is 14.5 Å². The number of carbonyl (C=O) groups is 3. The van der Waals surface area contributed by atoms with Crippen LogP contribution in [0.2, 0.25) is 0 Å². The van der Waals surface area contributed by atoms with E-state index in [1.54, 1.807) is 0 Å². The predicted octanol–water partition coefficient (Wildman–Crippen LogP) is 1.02. The van der Waals surface area contributed by atoms with Gasteiger partial charge in [0, 0.05) is 19.1 Å². The third kappa shape index (κ3) is 1.98. The zero-order valence-electron chi connectivity index (χ0n) is 10.7. The third-order valence-electron chi connectivity index (χ3n) is 3.68. The quantitative estimate of drug-likeness (QED) is 0.832. The normalized spacial score (nSPS) is 21.4. The summed E-state index contributed by atoms with van der Waals surface area (Å²) in [5.41, 5.74) is 0.462. The zero-order valence-corrected chi connectivity index (χ0v) is 10.7. The summed E-state index contributed by atoms with van der Waals surface area (Å²) < 4.78 is 5.24. The fraction of sp³-hybridized carbons (Fsp3) is 0.357. The van der Waals surface area contributed by atoms with Crippen LogP contribution in [0.15, 0.2) is 18.2 Å². The monoisotopic (exact) mass is 275 g/mol. The van der Waals surface area contributed by atoms with Gasteiger partial charge in [-0.2, -0.15) is 0 Å². The fourth-order valence-electron chi connectivity index (χ4n) is 2.58. The second-order valence-electron chi connectivity index (χ2n) is 5.02. The fourth-order valence-corrected chi connectivity index (χ4v) is 2.58. The number of benzene rings is 1. The van der Waals surface area contributed by atoms with Crippen LogP contribution in [-0.4, -0.2) is 47.5 Å². The van der Waals surface area contributed by atoms with Crippen molar-refractivity contribution in [2.75, 3.05) is 19.8 Å². The van der Waals surface area contributed by atoms with Crippen LogP contribution in [0.5, 0.6) is 0 Å². The van der Waals surface area contributed by atoms with Crippen molar-refractivity contribution in [3.63, 3.8) is 0 Å². The second kappa shape index (κ2) is 4.72. The van der Waals surface area contributed by atoms with E-state index in [1.807, 2.05) is 0 Å². The minimum absolute atomic E-state index is 0.0101. The number of imide groups is 1. The number of nitrogens with zero attached hydrogens (tertiary/aromatic N) is 1. The summed E-state index contributed by atoms with van der Waals surface area (Å²) in [6, 6.07) is 4.02. The summed E-state index contributed by atoms with van der Waals surface area (Å²) >= 11 is 0. The Balaban J connectivity index is 1.88. The number of hydrogen-bond donors (Lipinski definition) is 1. The molecule has 1 saturated heterocycles. The standard InChI is InChI=1S/C14H13NO5/c16-12-10-2-1-9(14(18)19)5-11(10)13(17)15(12)6-8-3-4-20-7-8/h1-2,5,8H,3-4,6-7H2,(H,18,19). The van der Waals surface area contributed by atoms with E-state index in [1.165, 1.54) is 23.1 Å². The molecule has 1 aromatic rings. The third-order valence-corrected chi connectivity index (χ3v) is 3.68. The van der Waals surface area contributed by atoms with Gasteiger partial charge >= 0.3 is 5.97 Å². The highest BCUT2D eigenvalue weighted by atomic mass is 16.5. The number of hydrogen-bond acceptors (Lipinski definition) is 4. The van der Waals surface area contributed by atoms with E-state index in [0.717, 1.165) is 6.42 Å². The van der Waals surface area contributed by atoms with E-state index in [-0.39, 0.29) is 28.5 Å². The van der Waals surface area contributed by atoms with E-state index in [0.29, 0.717) is 19.8 Å². The Morgan fingerprint density at radius 2 is 2.05 bits per heavy atom. The van der Waals surface area contributed by atoms with Crippen molar-refractivity contribution in [3.8, 4) is 0 Å². The summed E-state index contributed by atoms with van der Waals surface area (Å²) in [6.45, 7) is 1.53. The lowest BCUT2D eigenvalue weighted by molar-refractivity contribution is 0.0622. The van der Waals surface area contributed by atoms with Crippen molar-refractivity contribution in [3.05, 3.63) is 34.9 Å². The number of aromatic carboxylic acids is 1. The van der Waals surface area contributed by atoms with Crippen LogP contribution in [0.1, 0.15) is 37.5 Å². The lowest BCUT2D eigenvalue weighted by Crippen LogP contribution is -2.34. The molecule has 0 spiro atoms. The molecule has 6 heteroatoms. The van der Waals surface area contributed by atoms with E-state index < -0.39 is 11.9 Å². The van der Waals surface area contributed by atoms with Gasteiger partial charge in [0.05, 0.1) is 23.3 Å². The number of fused-ring (bicyclic) bond motifs is 1. The molecule has 2 aliphatic heterocycles. The summed E-state index contributed by atoms with van der Waals surface area (Å²) in [4.78, 5) is 36.5. The number of carbonyl (C=O) groups excluding carboxylic acids is 2. The Bertz CT molecular complexity index is 604. The molecule has 1 unspecified atom stereocenters. The van der Waals surface area contributed by atoms with Gasteiger partial charge in [0.2, 0.25) is 0 Å². The van der Waals surface area contributed by atoms with Crippen LogP contribution in [0.25, 0.3) is 0 Å². The molecular weight excluding hydrogens is 262 g/mol. The molecule has 1 N–H and O–H groups in total. The summed E-state index contributed by atoms with van der Waals surface area (Å²) in [5.74, 6) is -1.72. The van der Waals surface area contributed by atoms with Gasteiger partial charge in [-0.15, -0.1) is 0 Å². The molecule has 0 saturated carbocycles. The van der Waals surface area contributed by atoms with Crippen LogP contribution < -0.4 is 0 Å². The first-order chi connectivity index (χ1) is 9.58. The average molecular weight is 275 g/mol. The van der Waals surface area contributed by atoms with Gasteiger partial charge in [-0.25, -0.2) is 4.79 Å². The van der Waals surface area contributed by atoms with Gasteiger partial charge < -0.3 is 9.84 Å². The summed E-state index contributed by atoms with van der Waals surface area (Å²) in [7, 11) is 0. The van der Waals surface area contributed by atoms with Gasteiger partial charge in [0.25, 0.3) is 11.8 Å². The van der Waals surface area contributed by atoms with Crippen LogP contribution in [0.3, 0.4) is 0 Å². The number of amides is 2. The molecule has 20 heavy (non-hydrogen) atoms. The molecule has 1 atom stereocenters. The van der Waals surface area contributed by atoms with Crippen LogP contribution in [0.4, 0.5) is 0 Å². The molecule has 2 amide bonds. The van der Waals surface area contributed by atoms with Crippen LogP contribution in [-0.2, 0) is 4.74 Å². The van der Waals surface area contributed by atoms with E-state index in [2.05, 4.69) is 0 Å². The smallest absolute Gasteiger partial charge is 0.335 e. The number of carboxylic acid groups (broad SMARTS) is 1. The van der Waals surface area contributed by atoms with Gasteiger partial charge in [0.15, 0.2) is 0 Å². The first-order valence-electron chi connectivity index (χ1n) is 6.39. The maximum Gasteiger partial charge on any atom is 0.335 e. The average Bonchev–Trinajstić information content (AvgIpc) is 3.02. The van der Waals surface area contributed by atoms with Crippen molar-refractivity contribution in [1.82, 2.24) is 4.90 Å².